The predicted molar refractivity (Wildman–Crippen MR) is 100 cm³/mol. The van der Waals surface area contributed by atoms with E-state index in [1.807, 2.05) is 25.3 Å². The maximum Gasteiger partial charge on any atom is 0.273 e. The molecule has 0 bridgehead atoms. The Morgan fingerprint density at radius 3 is 2.81 bits per heavy atom. The van der Waals surface area contributed by atoms with Gasteiger partial charge in [0.2, 0.25) is 0 Å². The smallest absolute Gasteiger partial charge is 0.273 e. The highest BCUT2D eigenvalue weighted by molar-refractivity contribution is 6.32. The summed E-state index contributed by atoms with van der Waals surface area (Å²) in [4.78, 5) is 16.4. The van der Waals surface area contributed by atoms with Gasteiger partial charge < -0.3 is 9.73 Å². The van der Waals surface area contributed by atoms with Crippen LogP contribution < -0.4 is 5.32 Å². The van der Waals surface area contributed by atoms with E-state index in [1.165, 1.54) is 0 Å². The SMILES string of the molecule is Cc1nc(C(=O)N[C@H](C)Cn2ccc(-c3ccc(C#N)c(Cl)c3)n2)c(C)o1. The third-order valence-corrected chi connectivity index (χ3v) is 4.30. The molecule has 138 valence electrons. The van der Waals surface area contributed by atoms with Gasteiger partial charge in [0.15, 0.2) is 11.6 Å². The Morgan fingerprint density at radius 1 is 1.41 bits per heavy atom. The molecule has 0 radical (unpaired) electrons. The number of hydrogen-bond acceptors (Lipinski definition) is 5. The second-order valence-corrected chi connectivity index (χ2v) is 6.65. The zero-order chi connectivity index (χ0) is 19.6. The minimum Gasteiger partial charge on any atom is -0.445 e. The summed E-state index contributed by atoms with van der Waals surface area (Å²) in [5.74, 6) is 0.683. The predicted octanol–water partition coefficient (Wildman–Crippen LogP) is 3.50. The molecule has 1 atom stereocenters. The molecule has 0 aliphatic rings. The molecule has 2 heterocycles. The van der Waals surface area contributed by atoms with Gasteiger partial charge in [-0.25, -0.2) is 4.98 Å². The lowest BCUT2D eigenvalue weighted by molar-refractivity contribution is 0.0930. The van der Waals surface area contributed by atoms with Gasteiger partial charge >= 0.3 is 0 Å². The maximum atomic E-state index is 12.3. The first-order chi connectivity index (χ1) is 12.9. The molecule has 2 aromatic heterocycles. The number of benzene rings is 1. The number of nitriles is 1. The van der Waals surface area contributed by atoms with E-state index < -0.39 is 0 Å². The Balaban J connectivity index is 1.67. The summed E-state index contributed by atoms with van der Waals surface area (Å²) in [6, 6.07) is 8.92. The van der Waals surface area contributed by atoms with E-state index >= 15 is 0 Å². The van der Waals surface area contributed by atoms with Crippen LogP contribution in [0.25, 0.3) is 11.3 Å². The standard InChI is InChI=1S/C19H18ClN5O2/c1-11(22-19(26)18-12(2)27-13(3)23-18)10-25-7-6-17(24-25)14-4-5-15(9-21)16(20)8-14/h4-8,11H,10H2,1-3H3,(H,22,26)/t11-/m1/s1. The zero-order valence-electron chi connectivity index (χ0n) is 15.2. The van der Waals surface area contributed by atoms with Gasteiger partial charge in [0.1, 0.15) is 11.8 Å². The first kappa shape index (κ1) is 18.7. The van der Waals surface area contributed by atoms with Crippen molar-refractivity contribution in [2.45, 2.75) is 33.4 Å². The van der Waals surface area contributed by atoms with E-state index in [9.17, 15) is 4.79 Å². The van der Waals surface area contributed by atoms with Crippen LogP contribution in [0.1, 0.15) is 34.6 Å². The average molecular weight is 384 g/mol. The summed E-state index contributed by atoms with van der Waals surface area (Å²) in [5, 5.41) is 16.8. The van der Waals surface area contributed by atoms with E-state index in [0.29, 0.717) is 34.5 Å². The number of nitrogens with zero attached hydrogens (tertiary/aromatic N) is 4. The summed E-state index contributed by atoms with van der Waals surface area (Å²) in [6.45, 7) is 5.79. The summed E-state index contributed by atoms with van der Waals surface area (Å²) in [6.07, 6.45) is 1.83. The van der Waals surface area contributed by atoms with Crippen molar-refractivity contribution in [2.24, 2.45) is 0 Å². The van der Waals surface area contributed by atoms with E-state index in [1.54, 1.807) is 36.7 Å². The first-order valence-electron chi connectivity index (χ1n) is 8.35. The van der Waals surface area contributed by atoms with Crippen molar-refractivity contribution in [3.8, 4) is 17.3 Å². The number of carbonyl (C=O) groups is 1. The number of aromatic nitrogens is 3. The number of rotatable bonds is 5. The molecule has 3 rings (SSSR count). The summed E-state index contributed by atoms with van der Waals surface area (Å²) < 4.78 is 7.04. The topological polar surface area (TPSA) is 96.7 Å². The largest absolute Gasteiger partial charge is 0.445 e. The molecule has 0 aliphatic heterocycles. The molecule has 7 nitrogen and oxygen atoms in total. The van der Waals surface area contributed by atoms with E-state index in [-0.39, 0.29) is 11.9 Å². The number of oxazole rings is 1. The van der Waals surface area contributed by atoms with Crippen LogP contribution in [0.15, 0.2) is 34.9 Å². The normalized spacial score (nSPS) is 11.8. The monoisotopic (exact) mass is 383 g/mol. The molecule has 0 spiro atoms. The van der Waals surface area contributed by atoms with Crippen molar-refractivity contribution in [2.75, 3.05) is 0 Å². The number of carbonyl (C=O) groups excluding carboxylic acids is 1. The molecule has 27 heavy (non-hydrogen) atoms. The number of amides is 1. The van der Waals surface area contributed by atoms with Crippen LogP contribution in [0.3, 0.4) is 0 Å². The van der Waals surface area contributed by atoms with Crippen molar-refractivity contribution < 1.29 is 9.21 Å². The number of hydrogen-bond donors (Lipinski definition) is 1. The molecule has 1 N–H and O–H groups in total. The molecule has 3 aromatic rings. The Hall–Kier alpha value is -3.11. The van der Waals surface area contributed by atoms with Gasteiger partial charge in [0, 0.05) is 24.7 Å². The Labute approximate surface area is 161 Å². The molecule has 1 amide bonds. The minimum atomic E-state index is -0.275. The van der Waals surface area contributed by atoms with Gasteiger partial charge in [-0.2, -0.15) is 10.4 Å². The van der Waals surface area contributed by atoms with Crippen LogP contribution in [0.2, 0.25) is 5.02 Å². The number of nitrogens with one attached hydrogen (secondary N) is 1. The van der Waals surface area contributed by atoms with Crippen LogP contribution in [-0.4, -0.2) is 26.7 Å². The molecular weight excluding hydrogens is 366 g/mol. The van der Waals surface area contributed by atoms with E-state index in [0.717, 1.165) is 11.3 Å². The van der Waals surface area contributed by atoms with Gasteiger partial charge in [0.25, 0.3) is 5.91 Å². The fourth-order valence-corrected chi connectivity index (χ4v) is 2.96. The molecule has 1 aromatic carbocycles. The molecule has 0 aliphatic carbocycles. The minimum absolute atomic E-state index is 0.161. The van der Waals surface area contributed by atoms with Gasteiger partial charge in [-0.3, -0.25) is 9.48 Å². The lowest BCUT2D eigenvalue weighted by Crippen LogP contribution is -2.36. The van der Waals surface area contributed by atoms with Gasteiger partial charge in [-0.05, 0) is 32.0 Å². The van der Waals surface area contributed by atoms with Crippen molar-refractivity contribution in [3.05, 3.63) is 58.4 Å². The highest BCUT2D eigenvalue weighted by atomic mass is 35.5. The van der Waals surface area contributed by atoms with Crippen molar-refractivity contribution in [1.29, 1.82) is 5.26 Å². The number of halogens is 1. The van der Waals surface area contributed by atoms with Crippen LogP contribution >= 0.6 is 11.6 Å². The van der Waals surface area contributed by atoms with Crippen molar-refractivity contribution >= 4 is 17.5 Å². The van der Waals surface area contributed by atoms with E-state index in [2.05, 4.69) is 15.4 Å². The van der Waals surface area contributed by atoms with Crippen LogP contribution in [-0.2, 0) is 6.54 Å². The third kappa shape index (κ3) is 4.18. The third-order valence-electron chi connectivity index (χ3n) is 3.98. The fourth-order valence-electron chi connectivity index (χ4n) is 2.74. The lowest BCUT2D eigenvalue weighted by atomic mass is 10.1. The maximum absolute atomic E-state index is 12.3. The second kappa shape index (κ2) is 7.64. The van der Waals surface area contributed by atoms with Crippen LogP contribution in [0.4, 0.5) is 0 Å². The van der Waals surface area contributed by atoms with Crippen molar-refractivity contribution in [1.82, 2.24) is 20.1 Å². The van der Waals surface area contributed by atoms with Crippen LogP contribution in [0, 0.1) is 25.2 Å². The number of aryl methyl sites for hydroxylation is 2. The van der Waals surface area contributed by atoms with Crippen molar-refractivity contribution in [3.63, 3.8) is 0 Å². The average Bonchev–Trinajstić information content (AvgIpc) is 3.20. The summed E-state index contributed by atoms with van der Waals surface area (Å²) in [5.41, 5.74) is 2.29. The van der Waals surface area contributed by atoms with Gasteiger partial charge in [-0.15, -0.1) is 0 Å². The molecular formula is C19H18ClN5O2. The Morgan fingerprint density at radius 2 is 2.19 bits per heavy atom. The quantitative estimate of drug-likeness (QED) is 0.727. The summed E-state index contributed by atoms with van der Waals surface area (Å²) >= 11 is 6.08. The Bertz CT molecular complexity index is 1030. The molecule has 8 heteroatoms. The molecule has 0 saturated carbocycles. The highest BCUT2D eigenvalue weighted by Crippen LogP contribution is 2.24. The zero-order valence-corrected chi connectivity index (χ0v) is 15.9. The van der Waals surface area contributed by atoms with E-state index in [4.69, 9.17) is 21.3 Å². The van der Waals surface area contributed by atoms with Gasteiger partial charge in [-0.1, -0.05) is 17.7 Å². The first-order valence-corrected chi connectivity index (χ1v) is 8.73. The fraction of sp³-hybridized carbons (Fsp3) is 0.263. The lowest BCUT2D eigenvalue weighted by Gasteiger charge is -2.13. The summed E-state index contributed by atoms with van der Waals surface area (Å²) in [7, 11) is 0. The molecule has 0 unspecified atom stereocenters. The Kier molecular flexibility index (Phi) is 5.28. The van der Waals surface area contributed by atoms with Crippen LogP contribution in [0.5, 0.6) is 0 Å². The van der Waals surface area contributed by atoms with Gasteiger partial charge in [0.05, 0.1) is 22.8 Å². The molecule has 0 saturated heterocycles. The highest BCUT2D eigenvalue weighted by Gasteiger charge is 2.18. The molecule has 0 fully saturated rings. The second-order valence-electron chi connectivity index (χ2n) is 6.24.